The van der Waals surface area contributed by atoms with Gasteiger partial charge in [-0.1, -0.05) is 17.7 Å². The maximum absolute atomic E-state index is 6.13. The van der Waals surface area contributed by atoms with Crippen molar-refractivity contribution in [2.45, 2.75) is 13.5 Å². The van der Waals surface area contributed by atoms with E-state index in [9.17, 15) is 0 Å². The van der Waals surface area contributed by atoms with Crippen molar-refractivity contribution in [1.29, 1.82) is 0 Å². The summed E-state index contributed by atoms with van der Waals surface area (Å²) in [6, 6.07) is 8.44. The Morgan fingerprint density at radius 3 is 2.65 bits per heavy atom. The Morgan fingerprint density at radius 1 is 1.15 bits per heavy atom. The van der Waals surface area contributed by atoms with Crippen molar-refractivity contribution in [3.8, 4) is 11.1 Å². The minimum Gasteiger partial charge on any atom is -0.311 e. The predicted molar refractivity (Wildman–Crippen MR) is 89.8 cm³/mol. The first-order valence-electron chi connectivity index (χ1n) is 6.75. The number of thiophene rings is 1. The van der Waals surface area contributed by atoms with Crippen LogP contribution in [0.15, 0.2) is 29.6 Å². The molecule has 0 spiro atoms. The van der Waals surface area contributed by atoms with Gasteiger partial charge in [-0.3, -0.25) is 0 Å². The molecule has 2 aromatic rings. The van der Waals surface area contributed by atoms with E-state index in [-0.39, 0.29) is 0 Å². The molecule has 0 aliphatic carbocycles. The highest BCUT2D eigenvalue weighted by molar-refractivity contribution is 7.10. The van der Waals surface area contributed by atoms with Gasteiger partial charge in [-0.15, -0.1) is 11.3 Å². The molecule has 0 radical (unpaired) electrons. The number of nitrogens with zero attached hydrogens (tertiary/aromatic N) is 1. The summed E-state index contributed by atoms with van der Waals surface area (Å²) in [5, 5.41) is 6.47. The van der Waals surface area contributed by atoms with Crippen LogP contribution in [-0.2, 0) is 6.54 Å². The van der Waals surface area contributed by atoms with Gasteiger partial charge in [-0.05, 0) is 61.3 Å². The number of aryl methyl sites for hydroxylation is 1. The molecule has 0 bridgehead atoms. The lowest BCUT2D eigenvalue weighted by Gasteiger charge is -2.09. The van der Waals surface area contributed by atoms with Crippen LogP contribution in [-0.4, -0.2) is 32.1 Å². The molecule has 20 heavy (non-hydrogen) atoms. The molecule has 0 saturated carbocycles. The summed E-state index contributed by atoms with van der Waals surface area (Å²) in [5.41, 5.74) is 3.65. The van der Waals surface area contributed by atoms with Crippen LogP contribution < -0.4 is 5.32 Å². The highest BCUT2D eigenvalue weighted by Gasteiger charge is 2.04. The summed E-state index contributed by atoms with van der Waals surface area (Å²) in [5.74, 6) is 0. The quantitative estimate of drug-likeness (QED) is 0.811. The zero-order valence-corrected chi connectivity index (χ0v) is 13.8. The zero-order valence-electron chi connectivity index (χ0n) is 12.2. The third-order valence-electron chi connectivity index (χ3n) is 3.06. The molecule has 0 aliphatic heterocycles. The van der Waals surface area contributed by atoms with Gasteiger partial charge in [0, 0.05) is 29.5 Å². The normalized spacial score (nSPS) is 11.2. The molecule has 4 heteroatoms. The molecule has 0 aliphatic rings. The number of hydrogen-bond acceptors (Lipinski definition) is 3. The SMILES string of the molecule is Cc1cc(Cl)cc(-c2csc(CNCCN(C)C)c2)c1. The van der Waals surface area contributed by atoms with Crippen LogP contribution in [0.2, 0.25) is 5.02 Å². The molecule has 1 N–H and O–H groups in total. The lowest BCUT2D eigenvalue weighted by Crippen LogP contribution is -2.25. The average molecular weight is 309 g/mol. The van der Waals surface area contributed by atoms with Crippen LogP contribution >= 0.6 is 22.9 Å². The van der Waals surface area contributed by atoms with E-state index < -0.39 is 0 Å². The standard InChI is InChI=1S/C16H21ClN2S/c1-12-6-13(8-15(17)7-12)14-9-16(20-11-14)10-18-4-5-19(2)3/h6-9,11,18H,4-5,10H2,1-3H3. The number of benzene rings is 1. The molecule has 108 valence electrons. The van der Waals surface area contributed by atoms with Crippen molar-refractivity contribution in [2.75, 3.05) is 27.2 Å². The van der Waals surface area contributed by atoms with Crippen molar-refractivity contribution in [1.82, 2.24) is 10.2 Å². The van der Waals surface area contributed by atoms with E-state index in [1.807, 2.05) is 12.1 Å². The Kier molecular flexibility index (Phi) is 5.61. The predicted octanol–water partition coefficient (Wildman–Crippen LogP) is 4.03. The van der Waals surface area contributed by atoms with E-state index in [2.05, 4.69) is 48.7 Å². The molecule has 0 atom stereocenters. The molecule has 1 heterocycles. The van der Waals surface area contributed by atoms with Crippen LogP contribution in [0.4, 0.5) is 0 Å². The van der Waals surface area contributed by atoms with Crippen LogP contribution in [0.25, 0.3) is 11.1 Å². The van der Waals surface area contributed by atoms with E-state index in [1.54, 1.807) is 11.3 Å². The monoisotopic (exact) mass is 308 g/mol. The van der Waals surface area contributed by atoms with E-state index in [4.69, 9.17) is 11.6 Å². The van der Waals surface area contributed by atoms with E-state index in [0.29, 0.717) is 0 Å². The number of rotatable bonds is 6. The Hall–Kier alpha value is -0.870. The van der Waals surface area contributed by atoms with Gasteiger partial charge in [0.2, 0.25) is 0 Å². The summed E-state index contributed by atoms with van der Waals surface area (Å²) < 4.78 is 0. The first-order chi connectivity index (χ1) is 9.54. The first-order valence-corrected chi connectivity index (χ1v) is 8.01. The molecule has 0 fully saturated rings. The summed E-state index contributed by atoms with van der Waals surface area (Å²) >= 11 is 7.92. The summed E-state index contributed by atoms with van der Waals surface area (Å²) in [6.45, 7) is 5.08. The molecular formula is C16H21ClN2S. The van der Waals surface area contributed by atoms with Gasteiger partial charge >= 0.3 is 0 Å². The van der Waals surface area contributed by atoms with Gasteiger partial charge in [0.1, 0.15) is 0 Å². The first kappa shape index (κ1) is 15.5. The fourth-order valence-corrected chi connectivity index (χ4v) is 3.19. The van der Waals surface area contributed by atoms with Crippen molar-refractivity contribution < 1.29 is 0 Å². The summed E-state index contributed by atoms with van der Waals surface area (Å²) in [7, 11) is 4.18. The maximum Gasteiger partial charge on any atom is 0.0414 e. The highest BCUT2D eigenvalue weighted by atomic mass is 35.5. The lowest BCUT2D eigenvalue weighted by molar-refractivity contribution is 0.400. The average Bonchev–Trinajstić information content (AvgIpc) is 2.82. The summed E-state index contributed by atoms with van der Waals surface area (Å²) in [4.78, 5) is 3.54. The molecule has 2 rings (SSSR count). The van der Waals surface area contributed by atoms with Crippen molar-refractivity contribution >= 4 is 22.9 Å². The Labute approximate surface area is 130 Å². The van der Waals surface area contributed by atoms with Crippen molar-refractivity contribution in [2.24, 2.45) is 0 Å². The molecule has 0 unspecified atom stereocenters. The minimum absolute atomic E-state index is 0.803. The highest BCUT2D eigenvalue weighted by Crippen LogP contribution is 2.28. The van der Waals surface area contributed by atoms with Gasteiger partial charge in [-0.25, -0.2) is 0 Å². The molecular weight excluding hydrogens is 288 g/mol. The fraction of sp³-hybridized carbons (Fsp3) is 0.375. The van der Waals surface area contributed by atoms with E-state index in [0.717, 1.165) is 24.7 Å². The molecule has 0 saturated heterocycles. The second kappa shape index (κ2) is 7.23. The van der Waals surface area contributed by atoms with Gasteiger partial charge in [0.25, 0.3) is 0 Å². The largest absolute Gasteiger partial charge is 0.311 e. The molecule has 1 aromatic carbocycles. The van der Waals surface area contributed by atoms with Crippen LogP contribution in [0.5, 0.6) is 0 Å². The maximum atomic E-state index is 6.13. The Morgan fingerprint density at radius 2 is 1.95 bits per heavy atom. The van der Waals surface area contributed by atoms with Gasteiger partial charge in [0.15, 0.2) is 0 Å². The van der Waals surface area contributed by atoms with Crippen LogP contribution in [0.3, 0.4) is 0 Å². The molecule has 1 aromatic heterocycles. The smallest absolute Gasteiger partial charge is 0.0414 e. The Balaban J connectivity index is 1.98. The van der Waals surface area contributed by atoms with Gasteiger partial charge < -0.3 is 10.2 Å². The number of nitrogens with one attached hydrogen (secondary N) is 1. The third-order valence-corrected chi connectivity index (χ3v) is 4.22. The number of likely N-dealkylation sites (N-methyl/N-ethyl adjacent to an activating group) is 1. The van der Waals surface area contributed by atoms with Crippen LogP contribution in [0.1, 0.15) is 10.4 Å². The van der Waals surface area contributed by atoms with Gasteiger partial charge in [-0.2, -0.15) is 0 Å². The molecule has 2 nitrogen and oxygen atoms in total. The molecule has 0 amide bonds. The lowest BCUT2D eigenvalue weighted by atomic mass is 10.1. The number of halogens is 1. The van der Waals surface area contributed by atoms with Gasteiger partial charge in [0.05, 0.1) is 0 Å². The summed E-state index contributed by atoms with van der Waals surface area (Å²) in [6.07, 6.45) is 0. The second-order valence-electron chi connectivity index (χ2n) is 5.30. The van der Waals surface area contributed by atoms with Crippen LogP contribution in [0, 0.1) is 6.92 Å². The fourth-order valence-electron chi connectivity index (χ4n) is 2.04. The van der Waals surface area contributed by atoms with Crippen molar-refractivity contribution in [3.05, 3.63) is 45.1 Å². The Bertz CT molecular complexity index is 543. The van der Waals surface area contributed by atoms with E-state index >= 15 is 0 Å². The van der Waals surface area contributed by atoms with E-state index in [1.165, 1.54) is 21.6 Å². The minimum atomic E-state index is 0.803. The topological polar surface area (TPSA) is 15.3 Å². The van der Waals surface area contributed by atoms with Crippen molar-refractivity contribution in [3.63, 3.8) is 0 Å². The second-order valence-corrected chi connectivity index (χ2v) is 6.73. The number of hydrogen-bond donors (Lipinski definition) is 1. The third kappa shape index (κ3) is 4.60. The zero-order chi connectivity index (χ0) is 14.5.